The molecular weight excluding hydrogens is 406 g/mol. The molecule has 2 amide bonds. The van der Waals surface area contributed by atoms with Crippen LogP contribution in [-0.2, 0) is 9.59 Å². The Morgan fingerprint density at radius 3 is 2.34 bits per heavy atom. The number of amides is 2. The van der Waals surface area contributed by atoms with Crippen LogP contribution in [0.5, 0.6) is 5.75 Å². The molecule has 0 spiro atoms. The Balaban J connectivity index is 1.21. The van der Waals surface area contributed by atoms with Crippen molar-refractivity contribution in [3.8, 4) is 5.75 Å². The molecule has 5 rings (SSSR count). The Hall–Kier alpha value is -3.00. The van der Waals surface area contributed by atoms with Gasteiger partial charge in [0.25, 0.3) is 0 Å². The van der Waals surface area contributed by atoms with Gasteiger partial charge in [0, 0.05) is 51.1 Å². The number of carbonyl (C=O) groups excluding carboxylic acids is 2. The molecule has 0 unspecified atom stereocenters. The summed E-state index contributed by atoms with van der Waals surface area (Å²) in [5.41, 5.74) is 1.48. The summed E-state index contributed by atoms with van der Waals surface area (Å²) in [6.45, 7) is 2.91. The molecule has 3 heterocycles. The molecule has 2 aliphatic heterocycles. The molecule has 1 aromatic carbocycles. The monoisotopic (exact) mass is 435 g/mol. The van der Waals surface area contributed by atoms with E-state index in [2.05, 4.69) is 15.5 Å². The summed E-state index contributed by atoms with van der Waals surface area (Å²) in [7, 11) is 0. The van der Waals surface area contributed by atoms with Crippen LogP contribution in [0, 0.1) is 11.8 Å². The highest BCUT2D eigenvalue weighted by atomic mass is 16.5. The lowest BCUT2D eigenvalue weighted by molar-refractivity contribution is -0.133. The number of anilines is 2. The van der Waals surface area contributed by atoms with Gasteiger partial charge in [-0.15, -0.1) is 0 Å². The highest BCUT2D eigenvalue weighted by Gasteiger charge is 2.32. The van der Waals surface area contributed by atoms with E-state index in [0.29, 0.717) is 37.0 Å². The Bertz CT molecular complexity index is 936. The summed E-state index contributed by atoms with van der Waals surface area (Å²) in [4.78, 5) is 29.1. The number of hydrogen-bond donors (Lipinski definition) is 1. The van der Waals surface area contributed by atoms with E-state index in [1.807, 2.05) is 29.2 Å². The third-order valence-corrected chi connectivity index (χ3v) is 6.53. The van der Waals surface area contributed by atoms with Crippen LogP contribution in [0.2, 0.25) is 0 Å². The summed E-state index contributed by atoms with van der Waals surface area (Å²) in [5.74, 6) is 1.72. The predicted molar refractivity (Wildman–Crippen MR) is 120 cm³/mol. The van der Waals surface area contributed by atoms with Crippen molar-refractivity contribution in [3.63, 3.8) is 0 Å². The maximum atomic E-state index is 13.1. The number of nitrogens with one attached hydrogen (secondary N) is 1. The third kappa shape index (κ3) is 4.75. The van der Waals surface area contributed by atoms with Gasteiger partial charge in [-0.25, -0.2) is 0 Å². The van der Waals surface area contributed by atoms with Gasteiger partial charge in [-0.2, -0.15) is 10.2 Å². The second-order valence-electron chi connectivity index (χ2n) is 8.97. The minimum absolute atomic E-state index is 0.0353. The van der Waals surface area contributed by atoms with Crippen molar-refractivity contribution in [2.45, 2.75) is 38.2 Å². The Labute approximate surface area is 187 Å². The molecule has 3 aliphatic rings. The first-order valence-electron chi connectivity index (χ1n) is 11.5. The van der Waals surface area contributed by atoms with Gasteiger partial charge < -0.3 is 15.0 Å². The highest BCUT2D eigenvalue weighted by molar-refractivity contribution is 6.02. The first-order chi connectivity index (χ1) is 15.7. The molecule has 1 aromatic heterocycles. The number of piperidine rings is 1. The molecule has 1 saturated carbocycles. The second-order valence-corrected chi connectivity index (χ2v) is 8.97. The first kappa shape index (κ1) is 20.9. The summed E-state index contributed by atoms with van der Waals surface area (Å²) in [6.07, 6.45) is 8.13. The molecule has 168 valence electrons. The Morgan fingerprint density at radius 2 is 1.75 bits per heavy atom. The van der Waals surface area contributed by atoms with Crippen molar-refractivity contribution in [2.24, 2.45) is 11.8 Å². The topological polar surface area (TPSA) is 87.7 Å². The normalized spacial score (nSPS) is 19.3. The van der Waals surface area contributed by atoms with Crippen molar-refractivity contribution in [3.05, 3.63) is 42.7 Å². The molecule has 1 aliphatic carbocycles. The lowest BCUT2D eigenvalue weighted by Gasteiger charge is -2.33. The highest BCUT2D eigenvalue weighted by Crippen LogP contribution is 2.33. The molecule has 0 radical (unpaired) electrons. The van der Waals surface area contributed by atoms with Crippen molar-refractivity contribution in [1.82, 2.24) is 20.4 Å². The third-order valence-electron chi connectivity index (χ3n) is 6.53. The van der Waals surface area contributed by atoms with Gasteiger partial charge >= 0.3 is 0 Å². The van der Waals surface area contributed by atoms with Crippen molar-refractivity contribution >= 4 is 23.2 Å². The van der Waals surface area contributed by atoms with Crippen molar-refractivity contribution in [1.29, 1.82) is 0 Å². The number of carbonyl (C=O) groups is 2. The molecule has 2 saturated heterocycles. The van der Waals surface area contributed by atoms with E-state index in [1.54, 1.807) is 23.4 Å². The average Bonchev–Trinajstić information content (AvgIpc) is 3.59. The minimum Gasteiger partial charge on any atom is -0.490 e. The molecule has 1 N–H and O–H groups in total. The van der Waals surface area contributed by atoms with E-state index in [1.165, 1.54) is 12.8 Å². The summed E-state index contributed by atoms with van der Waals surface area (Å²) in [5, 5.41) is 10.9. The average molecular weight is 436 g/mol. The minimum atomic E-state index is -0.0353. The smallest absolute Gasteiger partial charge is 0.237 e. The fourth-order valence-electron chi connectivity index (χ4n) is 4.25. The predicted octanol–water partition coefficient (Wildman–Crippen LogP) is 2.53. The molecule has 8 nitrogen and oxygen atoms in total. The summed E-state index contributed by atoms with van der Waals surface area (Å²) >= 11 is 0. The number of aromatic nitrogens is 2. The molecule has 0 bridgehead atoms. The van der Waals surface area contributed by atoms with E-state index >= 15 is 0 Å². The number of likely N-dealkylation sites (tertiary alicyclic amines) is 1. The molecule has 2 aromatic rings. The van der Waals surface area contributed by atoms with E-state index < -0.39 is 0 Å². The van der Waals surface area contributed by atoms with Crippen LogP contribution in [0.1, 0.15) is 32.1 Å². The van der Waals surface area contributed by atoms with Crippen LogP contribution in [0.4, 0.5) is 11.4 Å². The molecule has 8 heteroatoms. The summed E-state index contributed by atoms with van der Waals surface area (Å²) < 4.78 is 6.18. The largest absolute Gasteiger partial charge is 0.490 e. The number of hydrogen-bond acceptors (Lipinski definition) is 6. The second kappa shape index (κ2) is 9.24. The number of rotatable bonds is 7. The Morgan fingerprint density at radius 1 is 1.00 bits per heavy atom. The molecule has 0 atom stereocenters. The fraction of sp³-hybridized carbons (Fsp3) is 0.500. The van der Waals surface area contributed by atoms with E-state index in [0.717, 1.165) is 37.4 Å². The first-order valence-corrected chi connectivity index (χ1v) is 11.5. The van der Waals surface area contributed by atoms with E-state index in [4.69, 9.17) is 4.74 Å². The zero-order chi connectivity index (χ0) is 21.9. The van der Waals surface area contributed by atoms with Gasteiger partial charge in [0.2, 0.25) is 11.8 Å². The lowest BCUT2D eigenvalue weighted by Crippen LogP contribution is -2.51. The van der Waals surface area contributed by atoms with Crippen LogP contribution in [0.3, 0.4) is 0 Å². The number of ether oxygens (including phenoxy) is 1. The molecular formula is C24H29N5O3. The van der Waals surface area contributed by atoms with Crippen LogP contribution >= 0.6 is 0 Å². The van der Waals surface area contributed by atoms with Gasteiger partial charge in [-0.3, -0.25) is 14.5 Å². The van der Waals surface area contributed by atoms with Gasteiger partial charge in [-0.05, 0) is 49.1 Å². The van der Waals surface area contributed by atoms with Gasteiger partial charge in [0.05, 0.1) is 24.0 Å². The van der Waals surface area contributed by atoms with Crippen LogP contribution in [-0.4, -0.2) is 59.2 Å². The summed E-state index contributed by atoms with van der Waals surface area (Å²) in [6, 6.07) is 9.43. The van der Waals surface area contributed by atoms with E-state index in [-0.39, 0.29) is 17.9 Å². The van der Waals surface area contributed by atoms with Gasteiger partial charge in [0.1, 0.15) is 11.9 Å². The van der Waals surface area contributed by atoms with Gasteiger partial charge in [0.15, 0.2) is 0 Å². The van der Waals surface area contributed by atoms with Crippen LogP contribution in [0.15, 0.2) is 42.7 Å². The zero-order valence-corrected chi connectivity index (χ0v) is 18.2. The molecule has 32 heavy (non-hydrogen) atoms. The maximum Gasteiger partial charge on any atom is 0.237 e. The molecule has 3 fully saturated rings. The fourth-order valence-corrected chi connectivity index (χ4v) is 4.25. The lowest BCUT2D eigenvalue weighted by atomic mass is 10.0. The maximum absolute atomic E-state index is 13.1. The van der Waals surface area contributed by atoms with Crippen LogP contribution in [0.25, 0.3) is 0 Å². The van der Waals surface area contributed by atoms with Crippen LogP contribution < -0.4 is 15.0 Å². The van der Waals surface area contributed by atoms with Gasteiger partial charge in [-0.1, -0.05) is 0 Å². The standard InChI is InChI=1S/C24H29N5O3/c30-23(13-17-1-2-17)28-11-8-22(9-12-28)32-21-5-3-19(4-6-21)29(20-7-10-26-27-16-20)24(31)18-14-25-15-18/h3-7,10,16-18,22,25H,1-2,8-9,11-15H2. The van der Waals surface area contributed by atoms with Crippen molar-refractivity contribution in [2.75, 3.05) is 31.1 Å². The van der Waals surface area contributed by atoms with Crippen molar-refractivity contribution < 1.29 is 14.3 Å². The zero-order valence-electron chi connectivity index (χ0n) is 18.2. The SMILES string of the molecule is O=C(CC1CC1)N1CCC(Oc2ccc(N(C(=O)C3CNC3)c3ccnnc3)cc2)CC1. The quantitative estimate of drug-likeness (QED) is 0.719. The van der Waals surface area contributed by atoms with E-state index in [9.17, 15) is 9.59 Å². The number of benzene rings is 1. The number of nitrogens with zero attached hydrogens (tertiary/aromatic N) is 4. The Kier molecular flexibility index (Phi) is 6.03.